The van der Waals surface area contributed by atoms with Crippen LogP contribution in [-0.4, -0.2) is 14.7 Å². The molecule has 0 aliphatic heterocycles. The highest BCUT2D eigenvalue weighted by Crippen LogP contribution is 2.40. The highest BCUT2D eigenvalue weighted by Gasteiger charge is 2.13. The summed E-state index contributed by atoms with van der Waals surface area (Å²) in [5.74, 6) is 0. The molecule has 4 aromatic rings. The first-order valence-corrected chi connectivity index (χ1v) is 10.7. The molecule has 0 atom stereocenters. The Balaban J connectivity index is 1.88. The number of thiophene rings is 1. The Morgan fingerprint density at radius 2 is 1.40 bits per heavy atom. The summed E-state index contributed by atoms with van der Waals surface area (Å²) in [6, 6.07) is 23.7. The molecular weight excluding hydrogens is 348 g/mol. The molecule has 0 spiro atoms. The molecule has 25 heavy (non-hydrogen) atoms. The third-order valence-corrected chi connectivity index (χ3v) is 6.45. The molecule has 0 aliphatic rings. The molecular formula is C21H16O2S2. The lowest BCUT2D eigenvalue weighted by molar-refractivity contribution is 0.602. The minimum atomic E-state index is -3.18. The van der Waals surface area contributed by atoms with Crippen LogP contribution in [0, 0.1) is 0 Å². The molecule has 3 aromatic carbocycles. The van der Waals surface area contributed by atoms with Crippen molar-refractivity contribution < 1.29 is 8.42 Å². The van der Waals surface area contributed by atoms with Crippen molar-refractivity contribution in [3.63, 3.8) is 0 Å². The highest BCUT2D eigenvalue weighted by atomic mass is 32.2. The van der Waals surface area contributed by atoms with Gasteiger partial charge in [0.1, 0.15) is 0 Å². The molecule has 0 saturated heterocycles. The molecule has 0 unspecified atom stereocenters. The largest absolute Gasteiger partial charge is 0.224 e. The van der Waals surface area contributed by atoms with E-state index in [0.717, 1.165) is 11.1 Å². The van der Waals surface area contributed by atoms with Gasteiger partial charge in [0.25, 0.3) is 0 Å². The standard InChI is InChI=1S/C21H16O2S2/c1-25(22,23)17-12-10-15(11-13-17)18-7-4-5-9-20(18)21-19-8-3-2-6-16(19)14-24-21/h2-14H,1H3. The van der Waals surface area contributed by atoms with E-state index >= 15 is 0 Å². The maximum Gasteiger partial charge on any atom is 0.175 e. The molecule has 0 saturated carbocycles. The molecule has 0 bridgehead atoms. The summed E-state index contributed by atoms with van der Waals surface area (Å²) in [5.41, 5.74) is 3.29. The van der Waals surface area contributed by atoms with E-state index in [1.54, 1.807) is 23.5 Å². The van der Waals surface area contributed by atoms with Crippen LogP contribution in [0.5, 0.6) is 0 Å². The van der Waals surface area contributed by atoms with Crippen molar-refractivity contribution in [2.45, 2.75) is 4.90 Å². The Bertz CT molecular complexity index is 1150. The third-order valence-electron chi connectivity index (χ3n) is 4.27. The van der Waals surface area contributed by atoms with E-state index in [1.807, 2.05) is 24.3 Å². The summed E-state index contributed by atoms with van der Waals surface area (Å²) < 4.78 is 23.4. The summed E-state index contributed by atoms with van der Waals surface area (Å²) >= 11 is 1.74. The van der Waals surface area contributed by atoms with Crippen molar-refractivity contribution in [3.05, 3.63) is 78.2 Å². The lowest BCUT2D eigenvalue weighted by atomic mass is 9.97. The van der Waals surface area contributed by atoms with Gasteiger partial charge in [0, 0.05) is 22.1 Å². The van der Waals surface area contributed by atoms with Gasteiger partial charge < -0.3 is 0 Å². The Morgan fingerprint density at radius 1 is 0.760 bits per heavy atom. The monoisotopic (exact) mass is 364 g/mol. The predicted octanol–water partition coefficient (Wildman–Crippen LogP) is 5.64. The fourth-order valence-electron chi connectivity index (χ4n) is 3.02. The van der Waals surface area contributed by atoms with Crippen LogP contribution >= 0.6 is 11.3 Å². The highest BCUT2D eigenvalue weighted by molar-refractivity contribution is 7.90. The number of sulfone groups is 1. The van der Waals surface area contributed by atoms with Crippen molar-refractivity contribution >= 4 is 31.9 Å². The van der Waals surface area contributed by atoms with Gasteiger partial charge in [-0.3, -0.25) is 0 Å². The summed E-state index contributed by atoms with van der Waals surface area (Å²) in [6.45, 7) is 0. The van der Waals surface area contributed by atoms with Gasteiger partial charge in [-0.15, -0.1) is 11.3 Å². The molecule has 2 nitrogen and oxygen atoms in total. The van der Waals surface area contributed by atoms with Gasteiger partial charge in [0.2, 0.25) is 0 Å². The Hall–Kier alpha value is -2.43. The zero-order valence-corrected chi connectivity index (χ0v) is 15.3. The predicted molar refractivity (Wildman–Crippen MR) is 106 cm³/mol. The van der Waals surface area contributed by atoms with E-state index in [1.165, 1.54) is 27.5 Å². The van der Waals surface area contributed by atoms with Gasteiger partial charge in [0.15, 0.2) is 9.84 Å². The smallest absolute Gasteiger partial charge is 0.175 e. The fourth-order valence-corrected chi connectivity index (χ4v) is 4.71. The quantitative estimate of drug-likeness (QED) is 0.471. The van der Waals surface area contributed by atoms with E-state index in [2.05, 4.69) is 41.8 Å². The molecule has 1 aromatic heterocycles. The molecule has 4 heteroatoms. The zero-order valence-electron chi connectivity index (χ0n) is 13.6. The lowest BCUT2D eigenvalue weighted by Crippen LogP contribution is -1.96. The van der Waals surface area contributed by atoms with E-state index in [9.17, 15) is 8.42 Å². The maximum atomic E-state index is 11.7. The lowest BCUT2D eigenvalue weighted by Gasteiger charge is -2.10. The van der Waals surface area contributed by atoms with Gasteiger partial charge in [-0.05, 0) is 34.0 Å². The van der Waals surface area contributed by atoms with Crippen LogP contribution in [-0.2, 0) is 9.84 Å². The van der Waals surface area contributed by atoms with E-state index in [-0.39, 0.29) is 0 Å². The normalized spacial score (nSPS) is 11.7. The van der Waals surface area contributed by atoms with Gasteiger partial charge in [0.05, 0.1) is 4.90 Å². The Morgan fingerprint density at radius 3 is 2.12 bits per heavy atom. The van der Waals surface area contributed by atoms with Crippen LogP contribution in [0.25, 0.3) is 32.3 Å². The SMILES string of the molecule is CS(=O)(=O)c1ccc(-c2ccccc2-c2scc3ccccc23)cc1. The minimum absolute atomic E-state index is 0.343. The number of rotatable bonds is 3. The van der Waals surface area contributed by atoms with Crippen LogP contribution in [0.4, 0.5) is 0 Å². The summed E-state index contributed by atoms with van der Waals surface area (Å²) in [7, 11) is -3.18. The number of hydrogen-bond donors (Lipinski definition) is 0. The number of benzene rings is 3. The summed E-state index contributed by atoms with van der Waals surface area (Å²) in [6.07, 6.45) is 1.23. The first kappa shape index (κ1) is 16.1. The second kappa shape index (κ2) is 6.14. The van der Waals surface area contributed by atoms with Crippen LogP contribution in [0.15, 0.2) is 83.1 Å². The second-order valence-corrected chi connectivity index (χ2v) is 8.89. The van der Waals surface area contributed by atoms with Crippen LogP contribution in [0.2, 0.25) is 0 Å². The average Bonchev–Trinajstić information content (AvgIpc) is 3.05. The van der Waals surface area contributed by atoms with Crippen molar-refractivity contribution in [1.82, 2.24) is 0 Å². The van der Waals surface area contributed by atoms with Crippen molar-refractivity contribution in [1.29, 1.82) is 0 Å². The van der Waals surface area contributed by atoms with Crippen molar-refractivity contribution in [2.75, 3.05) is 6.26 Å². The molecule has 1 heterocycles. The molecule has 4 rings (SSSR count). The fraction of sp³-hybridized carbons (Fsp3) is 0.0476. The van der Waals surface area contributed by atoms with Gasteiger partial charge in [-0.2, -0.15) is 0 Å². The van der Waals surface area contributed by atoms with E-state index in [0.29, 0.717) is 4.90 Å². The van der Waals surface area contributed by atoms with Crippen molar-refractivity contribution in [3.8, 4) is 21.6 Å². The second-order valence-electron chi connectivity index (χ2n) is 5.99. The third kappa shape index (κ3) is 2.99. The van der Waals surface area contributed by atoms with Gasteiger partial charge >= 0.3 is 0 Å². The van der Waals surface area contributed by atoms with Crippen LogP contribution < -0.4 is 0 Å². The average molecular weight is 364 g/mol. The first-order valence-electron chi connectivity index (χ1n) is 7.90. The molecule has 0 fully saturated rings. The molecule has 0 aliphatic carbocycles. The summed E-state index contributed by atoms with van der Waals surface area (Å²) in [4.78, 5) is 1.58. The maximum absolute atomic E-state index is 11.7. The number of fused-ring (bicyclic) bond motifs is 1. The van der Waals surface area contributed by atoms with Crippen LogP contribution in [0.1, 0.15) is 0 Å². The van der Waals surface area contributed by atoms with Gasteiger partial charge in [-0.25, -0.2) is 8.42 Å². The van der Waals surface area contributed by atoms with Crippen molar-refractivity contribution in [2.24, 2.45) is 0 Å². The van der Waals surface area contributed by atoms with E-state index in [4.69, 9.17) is 0 Å². The molecule has 0 amide bonds. The molecule has 124 valence electrons. The first-order chi connectivity index (χ1) is 12.0. The topological polar surface area (TPSA) is 34.1 Å². The molecule has 0 N–H and O–H groups in total. The number of hydrogen-bond acceptors (Lipinski definition) is 3. The van der Waals surface area contributed by atoms with Crippen LogP contribution in [0.3, 0.4) is 0 Å². The minimum Gasteiger partial charge on any atom is -0.224 e. The zero-order chi connectivity index (χ0) is 17.4. The summed E-state index contributed by atoms with van der Waals surface area (Å²) in [5, 5.41) is 4.66. The van der Waals surface area contributed by atoms with Gasteiger partial charge in [-0.1, -0.05) is 60.7 Å². The Labute approximate surface area is 151 Å². The Kier molecular flexibility index (Phi) is 3.94. The molecule has 0 radical (unpaired) electrons. The van der Waals surface area contributed by atoms with E-state index < -0.39 is 9.84 Å².